The molecular formula is C12H18S. The molecule has 0 saturated heterocycles. The van der Waals surface area contributed by atoms with Gasteiger partial charge in [0.1, 0.15) is 0 Å². The molecule has 1 heteroatoms. The summed E-state index contributed by atoms with van der Waals surface area (Å²) in [4.78, 5) is 0. The summed E-state index contributed by atoms with van der Waals surface area (Å²) in [5, 5.41) is 0. The van der Waals surface area contributed by atoms with E-state index in [1.165, 1.54) is 17.7 Å². The zero-order valence-corrected chi connectivity index (χ0v) is 9.31. The van der Waals surface area contributed by atoms with E-state index in [-0.39, 0.29) is 0 Å². The number of hydrogen-bond donors (Lipinski definition) is 0. The zero-order chi connectivity index (χ0) is 9.52. The van der Waals surface area contributed by atoms with Gasteiger partial charge in [-0.1, -0.05) is 37.3 Å². The van der Waals surface area contributed by atoms with E-state index in [0.717, 1.165) is 6.42 Å². The molecule has 1 atom stereocenters. The average molecular weight is 194 g/mol. The first-order valence-electron chi connectivity index (χ1n) is 4.91. The van der Waals surface area contributed by atoms with Crippen molar-refractivity contribution < 1.29 is 0 Å². The van der Waals surface area contributed by atoms with Crippen molar-refractivity contribution in [1.82, 2.24) is 0 Å². The predicted octanol–water partition coefficient (Wildman–Crippen LogP) is 3.82. The van der Waals surface area contributed by atoms with Crippen molar-refractivity contribution in [3.63, 3.8) is 0 Å². The lowest BCUT2D eigenvalue weighted by molar-refractivity contribution is 0.784. The van der Waals surface area contributed by atoms with Gasteiger partial charge in [0.15, 0.2) is 0 Å². The van der Waals surface area contributed by atoms with Crippen LogP contribution in [0.1, 0.15) is 19.8 Å². The summed E-state index contributed by atoms with van der Waals surface area (Å²) in [5.74, 6) is 1.90. The Morgan fingerprint density at radius 3 is 2.92 bits per heavy atom. The molecule has 0 heterocycles. The standard InChI is InChI=1S/C12H18S/c1-3-11-5-4-6-12(8-7-11)9-10-13-2/h4-8,12H,3,9-10H2,1-2H3. The Morgan fingerprint density at radius 2 is 2.23 bits per heavy atom. The molecule has 0 aromatic heterocycles. The molecule has 0 aromatic carbocycles. The second-order valence-electron chi connectivity index (χ2n) is 3.28. The van der Waals surface area contributed by atoms with E-state index >= 15 is 0 Å². The highest BCUT2D eigenvalue weighted by Gasteiger charge is 2.01. The minimum absolute atomic E-state index is 0.646. The Bertz CT molecular complexity index is 223. The van der Waals surface area contributed by atoms with Gasteiger partial charge in [0.2, 0.25) is 0 Å². The van der Waals surface area contributed by atoms with Gasteiger partial charge in [-0.25, -0.2) is 0 Å². The molecule has 0 nitrogen and oxygen atoms in total. The highest BCUT2D eigenvalue weighted by Crippen LogP contribution is 2.16. The largest absolute Gasteiger partial charge is 0.165 e. The molecular weight excluding hydrogens is 176 g/mol. The summed E-state index contributed by atoms with van der Waals surface area (Å²) in [7, 11) is 0. The van der Waals surface area contributed by atoms with Gasteiger partial charge < -0.3 is 0 Å². The minimum Gasteiger partial charge on any atom is -0.165 e. The van der Waals surface area contributed by atoms with Gasteiger partial charge in [-0.05, 0) is 36.3 Å². The smallest absolute Gasteiger partial charge is 0.00393 e. The van der Waals surface area contributed by atoms with E-state index in [2.05, 4.69) is 43.6 Å². The molecule has 1 aliphatic rings. The van der Waals surface area contributed by atoms with Crippen molar-refractivity contribution in [2.75, 3.05) is 12.0 Å². The summed E-state index contributed by atoms with van der Waals surface area (Å²) in [6.45, 7) is 2.20. The third kappa shape index (κ3) is 3.86. The van der Waals surface area contributed by atoms with E-state index in [4.69, 9.17) is 0 Å². The average Bonchev–Trinajstić information content (AvgIpc) is 2.39. The number of allylic oxidation sites excluding steroid dienone is 6. The lowest BCUT2D eigenvalue weighted by Crippen LogP contribution is -1.92. The van der Waals surface area contributed by atoms with Crippen LogP contribution in [0.3, 0.4) is 0 Å². The molecule has 0 radical (unpaired) electrons. The fraction of sp³-hybridized carbons (Fsp3) is 0.500. The summed E-state index contributed by atoms with van der Waals surface area (Å²) >= 11 is 1.92. The maximum Gasteiger partial charge on any atom is -0.00393 e. The molecule has 1 aliphatic carbocycles. The van der Waals surface area contributed by atoms with Crippen molar-refractivity contribution in [3.8, 4) is 0 Å². The van der Waals surface area contributed by atoms with Crippen LogP contribution >= 0.6 is 11.8 Å². The van der Waals surface area contributed by atoms with Gasteiger partial charge in [0.25, 0.3) is 0 Å². The van der Waals surface area contributed by atoms with Gasteiger partial charge >= 0.3 is 0 Å². The third-order valence-corrected chi connectivity index (χ3v) is 2.93. The fourth-order valence-corrected chi connectivity index (χ4v) is 1.88. The number of rotatable bonds is 4. The molecule has 13 heavy (non-hydrogen) atoms. The normalized spacial score (nSPS) is 21.4. The molecule has 0 fully saturated rings. The summed E-state index contributed by atoms with van der Waals surface area (Å²) in [5.41, 5.74) is 1.43. The molecule has 1 unspecified atom stereocenters. The topological polar surface area (TPSA) is 0 Å². The van der Waals surface area contributed by atoms with Crippen LogP contribution in [0.4, 0.5) is 0 Å². The van der Waals surface area contributed by atoms with Crippen LogP contribution in [0.25, 0.3) is 0 Å². The summed E-state index contributed by atoms with van der Waals surface area (Å²) in [6.07, 6.45) is 15.9. The molecule has 1 rings (SSSR count). The zero-order valence-electron chi connectivity index (χ0n) is 8.49. The Morgan fingerprint density at radius 1 is 1.38 bits per heavy atom. The van der Waals surface area contributed by atoms with Crippen LogP contribution in [-0.4, -0.2) is 12.0 Å². The van der Waals surface area contributed by atoms with Crippen molar-refractivity contribution in [2.24, 2.45) is 5.92 Å². The first kappa shape index (κ1) is 10.6. The highest BCUT2D eigenvalue weighted by molar-refractivity contribution is 7.98. The quantitative estimate of drug-likeness (QED) is 0.655. The van der Waals surface area contributed by atoms with Crippen LogP contribution in [0.2, 0.25) is 0 Å². The number of hydrogen-bond acceptors (Lipinski definition) is 1. The second kappa shape index (κ2) is 6.09. The van der Waals surface area contributed by atoms with Gasteiger partial charge in [-0.15, -0.1) is 0 Å². The lowest BCUT2D eigenvalue weighted by atomic mass is 10.1. The van der Waals surface area contributed by atoms with Crippen LogP contribution in [0.5, 0.6) is 0 Å². The molecule has 0 bridgehead atoms. The van der Waals surface area contributed by atoms with Crippen molar-refractivity contribution in [1.29, 1.82) is 0 Å². The monoisotopic (exact) mass is 194 g/mol. The molecule has 0 amide bonds. The maximum atomic E-state index is 2.33. The molecule has 72 valence electrons. The van der Waals surface area contributed by atoms with E-state index in [1.807, 2.05) is 11.8 Å². The summed E-state index contributed by atoms with van der Waals surface area (Å²) < 4.78 is 0. The molecule has 0 aliphatic heterocycles. The van der Waals surface area contributed by atoms with Crippen molar-refractivity contribution >= 4 is 11.8 Å². The Labute approximate surface area is 85.8 Å². The van der Waals surface area contributed by atoms with Crippen LogP contribution in [0, 0.1) is 5.92 Å². The lowest BCUT2D eigenvalue weighted by Gasteiger charge is -2.04. The second-order valence-corrected chi connectivity index (χ2v) is 4.27. The van der Waals surface area contributed by atoms with Crippen LogP contribution in [-0.2, 0) is 0 Å². The van der Waals surface area contributed by atoms with Crippen molar-refractivity contribution in [2.45, 2.75) is 19.8 Å². The summed E-state index contributed by atoms with van der Waals surface area (Å²) in [6, 6.07) is 0. The van der Waals surface area contributed by atoms with Gasteiger partial charge in [0.05, 0.1) is 0 Å². The first-order valence-corrected chi connectivity index (χ1v) is 6.30. The molecule has 0 aromatic rings. The van der Waals surface area contributed by atoms with Gasteiger partial charge in [0, 0.05) is 0 Å². The highest BCUT2D eigenvalue weighted by atomic mass is 32.2. The van der Waals surface area contributed by atoms with E-state index in [9.17, 15) is 0 Å². The van der Waals surface area contributed by atoms with E-state index in [0.29, 0.717) is 5.92 Å². The SMILES string of the molecule is CCC1=CC=CC(CCSC)C=C1. The van der Waals surface area contributed by atoms with Gasteiger partial charge in [-0.3, -0.25) is 0 Å². The minimum atomic E-state index is 0.646. The van der Waals surface area contributed by atoms with Crippen molar-refractivity contribution in [3.05, 3.63) is 36.0 Å². The molecule has 0 N–H and O–H groups in total. The Hall–Kier alpha value is -0.430. The Balaban J connectivity index is 2.46. The molecule has 0 saturated carbocycles. The Kier molecular flexibility index (Phi) is 4.99. The van der Waals surface area contributed by atoms with Gasteiger partial charge in [-0.2, -0.15) is 11.8 Å². The van der Waals surface area contributed by atoms with Crippen LogP contribution < -0.4 is 0 Å². The van der Waals surface area contributed by atoms with E-state index < -0.39 is 0 Å². The molecule has 0 spiro atoms. The first-order chi connectivity index (χ1) is 6.36. The fourth-order valence-electron chi connectivity index (χ4n) is 1.37. The van der Waals surface area contributed by atoms with Crippen LogP contribution in [0.15, 0.2) is 36.0 Å². The number of thioether (sulfide) groups is 1. The third-order valence-electron chi connectivity index (χ3n) is 2.29. The predicted molar refractivity (Wildman–Crippen MR) is 63.1 cm³/mol. The maximum absolute atomic E-state index is 2.33. The van der Waals surface area contributed by atoms with E-state index in [1.54, 1.807) is 0 Å².